The van der Waals surface area contributed by atoms with E-state index in [9.17, 15) is 14.7 Å². The molecule has 0 bridgehead atoms. The van der Waals surface area contributed by atoms with Gasteiger partial charge < -0.3 is 15.4 Å². The number of hydrogen-bond acceptors (Lipinski definition) is 4. The lowest BCUT2D eigenvalue weighted by Crippen LogP contribution is -2.51. The van der Waals surface area contributed by atoms with Gasteiger partial charge in [-0.15, -0.1) is 0 Å². The van der Waals surface area contributed by atoms with Crippen LogP contribution in [0, 0.1) is 0 Å². The summed E-state index contributed by atoms with van der Waals surface area (Å²) in [5.41, 5.74) is 2.04. The standard InChI is InChI=1S/C21H22BrN3O4/c1-25(29-2)21(28)19(26)17(10-13-6-4-3-5-7-13)24-20(27)18-12-14-11-15(22)8-9-16(14)23-18/h3-9,11-12,17,19,23,26H,10H2,1-2H3,(H,24,27)/t17-,19+/m0/s1. The van der Waals surface area contributed by atoms with Gasteiger partial charge in [-0.1, -0.05) is 46.3 Å². The van der Waals surface area contributed by atoms with Crippen LogP contribution in [0.15, 0.2) is 59.1 Å². The Hall–Kier alpha value is -2.68. The second-order valence-electron chi connectivity index (χ2n) is 6.65. The van der Waals surface area contributed by atoms with Gasteiger partial charge in [0.05, 0.1) is 13.2 Å². The minimum absolute atomic E-state index is 0.281. The van der Waals surface area contributed by atoms with Crippen molar-refractivity contribution in [2.24, 2.45) is 0 Å². The van der Waals surface area contributed by atoms with E-state index in [0.29, 0.717) is 5.69 Å². The summed E-state index contributed by atoms with van der Waals surface area (Å²) >= 11 is 3.41. The summed E-state index contributed by atoms with van der Waals surface area (Å²) in [7, 11) is 2.74. The average molecular weight is 460 g/mol. The zero-order chi connectivity index (χ0) is 21.0. The van der Waals surface area contributed by atoms with Crippen LogP contribution in [0.3, 0.4) is 0 Å². The molecule has 3 aromatic rings. The second-order valence-corrected chi connectivity index (χ2v) is 7.56. The number of H-pyrrole nitrogens is 1. The maximum absolute atomic E-state index is 12.8. The van der Waals surface area contributed by atoms with E-state index in [4.69, 9.17) is 4.84 Å². The fourth-order valence-corrected chi connectivity index (χ4v) is 3.41. The highest BCUT2D eigenvalue weighted by Crippen LogP contribution is 2.21. The highest BCUT2D eigenvalue weighted by molar-refractivity contribution is 9.10. The molecule has 0 saturated heterocycles. The van der Waals surface area contributed by atoms with Crippen LogP contribution in [0.1, 0.15) is 16.1 Å². The molecule has 0 aliphatic heterocycles. The molecule has 1 heterocycles. The fourth-order valence-electron chi connectivity index (χ4n) is 3.03. The molecule has 3 rings (SSSR count). The number of hydroxylamine groups is 2. The normalized spacial score (nSPS) is 13.1. The maximum Gasteiger partial charge on any atom is 0.276 e. The van der Waals surface area contributed by atoms with Crippen molar-refractivity contribution < 1.29 is 19.5 Å². The first-order valence-electron chi connectivity index (χ1n) is 9.02. The van der Waals surface area contributed by atoms with Crippen molar-refractivity contribution in [1.29, 1.82) is 0 Å². The highest BCUT2D eigenvalue weighted by Gasteiger charge is 2.31. The first-order chi connectivity index (χ1) is 13.9. The van der Waals surface area contributed by atoms with E-state index in [2.05, 4.69) is 26.2 Å². The van der Waals surface area contributed by atoms with Crippen LogP contribution in [0.5, 0.6) is 0 Å². The molecule has 2 amide bonds. The van der Waals surface area contributed by atoms with Crippen LogP contribution in [0.2, 0.25) is 0 Å². The van der Waals surface area contributed by atoms with Crippen LogP contribution in [0.25, 0.3) is 10.9 Å². The number of aromatic nitrogens is 1. The zero-order valence-electron chi connectivity index (χ0n) is 16.1. The van der Waals surface area contributed by atoms with Crippen LogP contribution in [0.4, 0.5) is 0 Å². The minimum Gasteiger partial charge on any atom is -0.381 e. The number of carbonyl (C=O) groups is 2. The Balaban J connectivity index is 1.84. The molecular weight excluding hydrogens is 438 g/mol. The van der Waals surface area contributed by atoms with Crippen molar-refractivity contribution in [2.45, 2.75) is 18.6 Å². The van der Waals surface area contributed by atoms with E-state index in [1.165, 1.54) is 14.2 Å². The van der Waals surface area contributed by atoms with Crippen LogP contribution in [-0.2, 0) is 16.1 Å². The van der Waals surface area contributed by atoms with Crippen molar-refractivity contribution in [3.63, 3.8) is 0 Å². The Labute approximate surface area is 176 Å². The molecule has 2 atom stereocenters. The predicted molar refractivity (Wildman–Crippen MR) is 113 cm³/mol. The number of carbonyl (C=O) groups excluding carboxylic acids is 2. The second kappa shape index (κ2) is 9.21. The van der Waals surface area contributed by atoms with Crippen molar-refractivity contribution in [3.8, 4) is 0 Å². The Morgan fingerprint density at radius 2 is 1.93 bits per heavy atom. The largest absolute Gasteiger partial charge is 0.381 e. The molecule has 7 nitrogen and oxygen atoms in total. The lowest BCUT2D eigenvalue weighted by atomic mass is 10.0. The van der Waals surface area contributed by atoms with E-state index >= 15 is 0 Å². The number of nitrogens with zero attached hydrogens (tertiary/aromatic N) is 1. The Kier molecular flexibility index (Phi) is 6.68. The number of amides is 2. The topological polar surface area (TPSA) is 94.7 Å². The third-order valence-electron chi connectivity index (χ3n) is 4.66. The van der Waals surface area contributed by atoms with Gasteiger partial charge in [-0.25, -0.2) is 5.06 Å². The summed E-state index contributed by atoms with van der Waals surface area (Å²) in [6.07, 6.45) is -1.19. The van der Waals surface area contributed by atoms with E-state index in [-0.39, 0.29) is 6.42 Å². The lowest BCUT2D eigenvalue weighted by molar-refractivity contribution is -0.179. The molecule has 0 saturated carbocycles. The monoisotopic (exact) mass is 459 g/mol. The van der Waals surface area contributed by atoms with Gasteiger partial charge in [0.25, 0.3) is 11.8 Å². The molecule has 29 heavy (non-hydrogen) atoms. The number of aliphatic hydroxyl groups excluding tert-OH is 1. The maximum atomic E-state index is 12.8. The predicted octanol–water partition coefficient (Wildman–Crippen LogP) is 2.65. The van der Waals surface area contributed by atoms with E-state index in [0.717, 1.165) is 26.0 Å². The molecule has 8 heteroatoms. The summed E-state index contributed by atoms with van der Waals surface area (Å²) in [5, 5.41) is 15.2. The number of aliphatic hydroxyl groups is 1. The molecular formula is C21H22BrN3O4. The van der Waals surface area contributed by atoms with Crippen LogP contribution < -0.4 is 5.32 Å². The molecule has 3 N–H and O–H groups in total. The molecule has 0 aliphatic rings. The zero-order valence-corrected chi connectivity index (χ0v) is 17.6. The smallest absolute Gasteiger partial charge is 0.276 e. The van der Waals surface area contributed by atoms with Crippen molar-refractivity contribution in [1.82, 2.24) is 15.4 Å². The average Bonchev–Trinajstić information content (AvgIpc) is 3.15. The van der Waals surface area contributed by atoms with E-state index in [1.54, 1.807) is 6.07 Å². The third kappa shape index (κ3) is 5.03. The molecule has 152 valence electrons. The molecule has 1 aromatic heterocycles. The Morgan fingerprint density at radius 1 is 1.21 bits per heavy atom. The SMILES string of the molecule is CON(C)C(=O)[C@H](O)[C@H](Cc1ccccc1)NC(=O)c1cc2cc(Br)ccc2[nH]1. The van der Waals surface area contributed by atoms with Gasteiger partial charge in [0, 0.05) is 22.4 Å². The van der Waals surface area contributed by atoms with Gasteiger partial charge in [0.2, 0.25) is 0 Å². The molecule has 0 aliphatic carbocycles. The van der Waals surface area contributed by atoms with Crippen molar-refractivity contribution >= 4 is 38.6 Å². The van der Waals surface area contributed by atoms with Gasteiger partial charge in [0.1, 0.15) is 5.69 Å². The summed E-state index contributed by atoms with van der Waals surface area (Å²) in [5.74, 6) is -1.06. The summed E-state index contributed by atoms with van der Waals surface area (Å²) < 4.78 is 0.904. The first-order valence-corrected chi connectivity index (χ1v) is 9.81. The quantitative estimate of drug-likeness (QED) is 0.473. The number of benzene rings is 2. The molecule has 0 unspecified atom stereocenters. The summed E-state index contributed by atoms with van der Waals surface area (Å²) in [4.78, 5) is 33.2. The molecule has 0 spiro atoms. The van der Waals surface area contributed by atoms with Gasteiger partial charge in [-0.05, 0) is 36.2 Å². The summed E-state index contributed by atoms with van der Waals surface area (Å²) in [6.45, 7) is 0. The number of hydrogen-bond donors (Lipinski definition) is 3. The van der Waals surface area contributed by atoms with Crippen molar-refractivity contribution in [3.05, 3.63) is 70.3 Å². The van der Waals surface area contributed by atoms with Gasteiger partial charge in [-0.3, -0.25) is 14.4 Å². The number of likely N-dealkylation sites (N-methyl/N-ethyl adjacent to an activating group) is 1. The van der Waals surface area contributed by atoms with Gasteiger partial charge in [0.15, 0.2) is 6.10 Å². The third-order valence-corrected chi connectivity index (χ3v) is 5.15. The van der Waals surface area contributed by atoms with Gasteiger partial charge in [-0.2, -0.15) is 0 Å². The lowest BCUT2D eigenvalue weighted by Gasteiger charge is -2.26. The summed E-state index contributed by atoms with van der Waals surface area (Å²) in [6, 6.07) is 15.9. The van der Waals surface area contributed by atoms with Crippen LogP contribution in [-0.4, -0.2) is 53.3 Å². The Morgan fingerprint density at radius 3 is 2.62 bits per heavy atom. The van der Waals surface area contributed by atoms with Crippen LogP contribution >= 0.6 is 15.9 Å². The van der Waals surface area contributed by atoms with E-state index in [1.807, 2.05) is 48.5 Å². The number of halogens is 1. The number of nitrogens with one attached hydrogen (secondary N) is 2. The van der Waals surface area contributed by atoms with E-state index < -0.39 is 24.0 Å². The highest BCUT2D eigenvalue weighted by atomic mass is 79.9. The minimum atomic E-state index is -1.47. The molecule has 0 radical (unpaired) electrons. The first kappa shape index (κ1) is 21.0. The number of rotatable bonds is 7. The molecule has 2 aromatic carbocycles. The molecule has 0 fully saturated rings. The number of fused-ring (bicyclic) bond motifs is 1. The van der Waals surface area contributed by atoms with Gasteiger partial charge >= 0.3 is 0 Å². The fraction of sp³-hybridized carbons (Fsp3) is 0.238. The number of aromatic amines is 1. The Bertz CT molecular complexity index is 1010. The van der Waals surface area contributed by atoms with Crippen molar-refractivity contribution in [2.75, 3.05) is 14.2 Å².